The van der Waals surface area contributed by atoms with E-state index in [0.29, 0.717) is 17.4 Å². The monoisotopic (exact) mass is 680 g/mol. The number of carboxylic acids is 1. The second-order valence-corrected chi connectivity index (χ2v) is 12.4. The molecule has 2 atom stereocenters. The van der Waals surface area contributed by atoms with Gasteiger partial charge in [-0.2, -0.15) is 14.0 Å². The summed E-state index contributed by atoms with van der Waals surface area (Å²) in [4.78, 5) is 46.7. The Labute approximate surface area is 267 Å². The number of aliphatic carboxylic acids is 1. The van der Waals surface area contributed by atoms with E-state index in [4.69, 9.17) is 21.0 Å². The smallest absolute Gasteiger partial charge is 0.351 e. The number of amides is 2. The van der Waals surface area contributed by atoms with Gasteiger partial charge in [0.25, 0.3) is 17.9 Å². The van der Waals surface area contributed by atoms with Crippen LogP contribution in [0.5, 0.6) is 5.75 Å². The molecule has 1 saturated heterocycles. The van der Waals surface area contributed by atoms with Gasteiger partial charge in [-0.3, -0.25) is 9.59 Å². The number of carbonyl (C=O) groups is 3. The molecule has 1 aliphatic heterocycles. The number of oxime groups is 1. The Kier molecular flexibility index (Phi) is 10.3. The molecule has 3 aromatic rings. The number of hydrogen-bond acceptors (Lipinski definition) is 14. The summed E-state index contributed by atoms with van der Waals surface area (Å²) in [6.45, 7) is 3.52. The zero-order chi connectivity index (χ0) is 33.8. The van der Waals surface area contributed by atoms with E-state index in [0.717, 1.165) is 35.4 Å². The maximum atomic E-state index is 13.2. The third-order valence-corrected chi connectivity index (χ3v) is 7.85. The number of nitrogens with zero attached hydrogens (tertiary/aromatic N) is 5. The van der Waals surface area contributed by atoms with Crippen molar-refractivity contribution in [3.8, 4) is 16.9 Å². The predicted molar refractivity (Wildman–Crippen MR) is 159 cm³/mol. The van der Waals surface area contributed by atoms with Gasteiger partial charge >= 0.3 is 5.97 Å². The van der Waals surface area contributed by atoms with Crippen molar-refractivity contribution < 1.29 is 51.0 Å². The molecule has 2 aromatic heterocycles. The SMILES string of the molecule is C[n+]1cc(-c2ccc(OC[C@H](O/N=C(/C(=O)N[C@@H]3C(=O)N(OS(=O)(=O)[O-])C3(C)C)c3csc(N)n3)C(=O)O)cc2)cn1CCCN. The highest BCUT2D eigenvalue weighted by atomic mass is 32.3. The average molecular weight is 681 g/mol. The highest BCUT2D eigenvalue weighted by Gasteiger charge is 2.57. The van der Waals surface area contributed by atoms with Gasteiger partial charge in [-0.1, -0.05) is 17.3 Å². The molecule has 0 unspecified atom stereocenters. The van der Waals surface area contributed by atoms with Crippen molar-refractivity contribution in [3.05, 3.63) is 47.7 Å². The molecule has 1 fully saturated rings. The van der Waals surface area contributed by atoms with Crippen LogP contribution in [0.2, 0.25) is 0 Å². The van der Waals surface area contributed by atoms with Gasteiger partial charge in [-0.15, -0.1) is 16.0 Å². The quantitative estimate of drug-likeness (QED) is 0.0380. The van der Waals surface area contributed by atoms with Crippen molar-refractivity contribution in [1.29, 1.82) is 0 Å². The van der Waals surface area contributed by atoms with E-state index >= 15 is 0 Å². The number of β-lactam (4-membered cyclic amide) rings is 1. The molecule has 20 heteroatoms. The van der Waals surface area contributed by atoms with Crippen molar-refractivity contribution in [2.24, 2.45) is 17.9 Å². The number of nitrogen functional groups attached to an aromatic ring is 1. The van der Waals surface area contributed by atoms with Crippen LogP contribution in [0.3, 0.4) is 0 Å². The van der Waals surface area contributed by atoms with Crippen molar-refractivity contribution >= 4 is 50.4 Å². The van der Waals surface area contributed by atoms with Gasteiger partial charge in [0.1, 0.15) is 24.1 Å². The molecule has 6 N–H and O–H groups in total. The van der Waals surface area contributed by atoms with E-state index in [9.17, 15) is 32.5 Å². The highest BCUT2D eigenvalue weighted by Crippen LogP contribution is 2.33. The third-order valence-electron chi connectivity index (χ3n) is 6.84. The normalized spacial score (nSPS) is 16.9. The van der Waals surface area contributed by atoms with Crippen molar-refractivity contribution in [2.45, 2.75) is 44.5 Å². The van der Waals surface area contributed by atoms with Crippen LogP contribution in [0, 0.1) is 0 Å². The summed E-state index contributed by atoms with van der Waals surface area (Å²) >= 11 is 0.954. The number of carbonyl (C=O) groups excluding carboxylic acids is 2. The zero-order valence-corrected chi connectivity index (χ0v) is 26.5. The number of ether oxygens (including phenoxy) is 1. The number of nitrogens with two attached hydrogens (primary N) is 2. The number of benzene rings is 1. The van der Waals surface area contributed by atoms with Crippen molar-refractivity contribution in [1.82, 2.24) is 20.0 Å². The molecule has 1 aromatic carbocycles. The number of anilines is 1. The number of rotatable bonds is 15. The molecule has 0 saturated carbocycles. The van der Waals surface area contributed by atoms with Gasteiger partial charge < -0.3 is 36.0 Å². The first-order chi connectivity index (χ1) is 21.6. The molecule has 1 aliphatic rings. The lowest BCUT2D eigenvalue weighted by Crippen LogP contribution is -2.76. The van der Waals surface area contributed by atoms with Crippen LogP contribution >= 0.6 is 11.3 Å². The Morgan fingerprint density at radius 2 is 1.98 bits per heavy atom. The fourth-order valence-corrected chi connectivity index (χ4v) is 5.38. The minimum Gasteiger partial charge on any atom is -0.724 e. The van der Waals surface area contributed by atoms with Crippen LogP contribution < -0.4 is 26.2 Å². The van der Waals surface area contributed by atoms with E-state index in [-0.39, 0.29) is 10.8 Å². The Hall–Kier alpha value is -4.63. The molecule has 46 heavy (non-hydrogen) atoms. The molecule has 2 amide bonds. The molecular weight excluding hydrogens is 648 g/mol. The summed E-state index contributed by atoms with van der Waals surface area (Å²) in [5.74, 6) is -3.17. The van der Waals surface area contributed by atoms with Crippen LogP contribution in [0.15, 0.2) is 47.2 Å². The molecule has 0 aliphatic carbocycles. The number of hydroxylamine groups is 2. The number of aryl methyl sites for hydroxylation is 2. The fourth-order valence-electron chi connectivity index (χ4n) is 4.38. The van der Waals surface area contributed by atoms with Crippen LogP contribution in [0.4, 0.5) is 5.13 Å². The molecule has 0 bridgehead atoms. The molecule has 248 valence electrons. The molecule has 0 spiro atoms. The Balaban J connectivity index is 1.44. The van der Waals surface area contributed by atoms with Gasteiger partial charge in [0.05, 0.1) is 23.8 Å². The van der Waals surface area contributed by atoms with E-state index < -0.39 is 58.2 Å². The largest absolute Gasteiger partial charge is 0.724 e. The standard InChI is InChI=1S/C26H32N8O10S2/c1-26(2)21(23(36)34(26)44-46(39,40)41)30-22(35)20(18-14-45-25(28)29-18)31-43-19(24(37)38)13-42-17-7-5-15(6-8-17)16-11-32(3)33(12-16)10-4-9-27/h5-8,11-12,14,19,21H,4,9-10,13,27H2,1-3H3,(H4-,28,29,30,35,37,38,39,40,41)/b31-20+/t19-,21+/m0/s1. The minimum absolute atomic E-state index is 0.0539. The second-order valence-electron chi connectivity index (χ2n) is 10.5. The van der Waals surface area contributed by atoms with E-state index in [2.05, 4.69) is 19.7 Å². The van der Waals surface area contributed by atoms with Crippen LogP contribution in [-0.2, 0) is 47.5 Å². The maximum absolute atomic E-state index is 13.2. The number of carboxylic acid groups (broad SMARTS) is 1. The van der Waals surface area contributed by atoms with Crippen LogP contribution in [0.25, 0.3) is 11.1 Å². The molecular formula is C26H32N8O10S2. The first-order valence-corrected chi connectivity index (χ1v) is 15.8. The third kappa shape index (κ3) is 7.95. The Morgan fingerprint density at radius 1 is 1.28 bits per heavy atom. The summed E-state index contributed by atoms with van der Waals surface area (Å²) in [5.41, 5.74) is 11.1. The highest BCUT2D eigenvalue weighted by molar-refractivity contribution is 7.80. The lowest BCUT2D eigenvalue weighted by Gasteiger charge is -2.51. The molecule has 3 heterocycles. The lowest BCUT2D eigenvalue weighted by atomic mass is 9.84. The number of nitrogens with one attached hydrogen (secondary N) is 1. The number of aromatic nitrogens is 3. The maximum Gasteiger partial charge on any atom is 0.351 e. The molecule has 18 nitrogen and oxygen atoms in total. The van der Waals surface area contributed by atoms with Gasteiger partial charge in [0.2, 0.25) is 16.6 Å². The average Bonchev–Trinajstić information content (AvgIpc) is 3.59. The van der Waals surface area contributed by atoms with E-state index in [1.54, 1.807) is 12.1 Å². The van der Waals surface area contributed by atoms with Gasteiger partial charge in [-0.05, 0) is 44.5 Å². The summed E-state index contributed by atoms with van der Waals surface area (Å²) in [7, 11) is -3.34. The molecule has 0 radical (unpaired) electrons. The van der Waals surface area contributed by atoms with E-state index in [1.807, 2.05) is 40.9 Å². The van der Waals surface area contributed by atoms with Gasteiger partial charge in [0, 0.05) is 5.38 Å². The summed E-state index contributed by atoms with van der Waals surface area (Å²) in [5, 5.41) is 17.5. The fraction of sp³-hybridized carbons (Fsp3) is 0.385. The minimum atomic E-state index is -5.26. The van der Waals surface area contributed by atoms with Crippen LogP contribution in [-0.4, -0.2) is 87.1 Å². The summed E-state index contributed by atoms with van der Waals surface area (Å²) in [6, 6.07) is 5.59. The topological polar surface area (TPSA) is 258 Å². The summed E-state index contributed by atoms with van der Waals surface area (Å²) in [6.07, 6.45) is 3.11. The van der Waals surface area contributed by atoms with Crippen LogP contribution in [0.1, 0.15) is 26.0 Å². The first-order valence-electron chi connectivity index (χ1n) is 13.6. The number of thiazole rings is 1. The van der Waals surface area contributed by atoms with E-state index in [1.165, 1.54) is 19.2 Å². The van der Waals surface area contributed by atoms with Crippen molar-refractivity contribution in [3.63, 3.8) is 0 Å². The zero-order valence-electron chi connectivity index (χ0n) is 24.9. The predicted octanol–water partition coefficient (Wildman–Crippen LogP) is -0.883. The molecule has 4 rings (SSSR count). The summed E-state index contributed by atoms with van der Waals surface area (Å²) < 4.78 is 46.7. The Bertz CT molecular complexity index is 1740. The Morgan fingerprint density at radius 3 is 2.54 bits per heavy atom. The van der Waals surface area contributed by atoms with Gasteiger partial charge in [-0.25, -0.2) is 18.2 Å². The first kappa shape index (κ1) is 34.2. The van der Waals surface area contributed by atoms with Gasteiger partial charge in [0.15, 0.2) is 17.9 Å². The van der Waals surface area contributed by atoms with Crippen molar-refractivity contribution in [2.75, 3.05) is 18.9 Å². The lowest BCUT2D eigenvalue weighted by molar-refractivity contribution is -0.753. The second kappa shape index (κ2) is 13.8. The number of hydrogen-bond donors (Lipinski definition) is 4.